The molecule has 37 heavy (non-hydrogen) atoms. The molecule has 8 nitrogen and oxygen atoms in total. The lowest BCUT2D eigenvalue weighted by molar-refractivity contribution is -0.134. The lowest BCUT2D eigenvalue weighted by Gasteiger charge is -2.56. The van der Waals surface area contributed by atoms with Crippen LogP contribution in [0.2, 0.25) is 0 Å². The van der Waals surface area contributed by atoms with Gasteiger partial charge >= 0.3 is 5.97 Å². The Bertz CT molecular complexity index is 1120. The van der Waals surface area contributed by atoms with E-state index in [2.05, 4.69) is 42.2 Å². The standard InChI is InChI=1S/C29H37NO7/c1-16-5-3-6-18(11-16)24(33)21-7-4-9-29-10-8-17(13-30(21)29)12-22-23(29)19(14-31)26(36-22)27-25(35-2)20(15-32)28(34)37-27/h3,6,8,10,12,16-19,21,23-24,31-33H,4-5,7,9,11,13-15H2,1-2H3/b27-26+/t16-,17+,18-,19+,21+,23+,24+,29-/m1/s1. The summed E-state index contributed by atoms with van der Waals surface area (Å²) in [6.07, 6.45) is 15.4. The normalized spacial score (nSPS) is 41.6. The van der Waals surface area contributed by atoms with Gasteiger partial charge in [0.05, 0.1) is 43.8 Å². The molecule has 7 aliphatic rings. The van der Waals surface area contributed by atoms with Crippen molar-refractivity contribution in [1.29, 1.82) is 0 Å². The molecule has 0 radical (unpaired) electrons. The molecule has 0 saturated carbocycles. The molecule has 0 aromatic rings. The Balaban J connectivity index is 1.40. The number of hydrogen-bond acceptors (Lipinski definition) is 8. The van der Waals surface area contributed by atoms with Crippen LogP contribution in [0.1, 0.15) is 39.0 Å². The maximum Gasteiger partial charge on any atom is 0.345 e. The second-order valence-electron chi connectivity index (χ2n) is 11.5. The molecular formula is C29H37NO7. The number of aliphatic hydroxyl groups is 3. The first-order valence-electron chi connectivity index (χ1n) is 13.6. The van der Waals surface area contributed by atoms with Crippen LogP contribution < -0.4 is 0 Å². The van der Waals surface area contributed by atoms with Gasteiger partial charge in [-0.05, 0) is 44.1 Å². The molecule has 0 aromatic heterocycles. The fourth-order valence-electron chi connectivity index (χ4n) is 7.74. The van der Waals surface area contributed by atoms with Gasteiger partial charge in [0, 0.05) is 24.4 Å². The number of ether oxygens (including phenoxy) is 3. The lowest BCUT2D eigenvalue weighted by Crippen LogP contribution is -2.65. The summed E-state index contributed by atoms with van der Waals surface area (Å²) in [5.41, 5.74) is -0.384. The van der Waals surface area contributed by atoms with Gasteiger partial charge in [-0.2, -0.15) is 0 Å². The SMILES string of the molecule is COC1=C(CO)C(=O)O/C1=C1/OC2=C[C@@H]3C=C[C@]4(CCC[C@@H]([C@@H](O)[C@@H]5C=CC[C@@H](C)C5)N4C3)[C@H]2[C@@H]1CO. The molecular weight excluding hydrogens is 474 g/mol. The fourth-order valence-corrected chi connectivity index (χ4v) is 7.74. The lowest BCUT2D eigenvalue weighted by atomic mass is 9.67. The fraction of sp³-hybridized carbons (Fsp3) is 0.621. The first-order chi connectivity index (χ1) is 17.9. The molecule has 2 saturated heterocycles. The first-order valence-corrected chi connectivity index (χ1v) is 13.6. The van der Waals surface area contributed by atoms with E-state index in [1.165, 1.54) is 7.11 Å². The Morgan fingerprint density at radius 2 is 2.11 bits per heavy atom. The second-order valence-corrected chi connectivity index (χ2v) is 11.5. The number of nitrogens with zero attached hydrogens (tertiary/aromatic N) is 1. The van der Waals surface area contributed by atoms with E-state index in [-0.39, 0.29) is 47.5 Å². The van der Waals surface area contributed by atoms with Crippen LogP contribution in [0.25, 0.3) is 0 Å². The minimum atomic E-state index is -0.667. The zero-order chi connectivity index (χ0) is 25.9. The highest BCUT2D eigenvalue weighted by atomic mass is 16.6. The molecule has 1 spiro atoms. The van der Waals surface area contributed by atoms with Gasteiger partial charge in [-0.3, -0.25) is 4.90 Å². The van der Waals surface area contributed by atoms with Crippen LogP contribution in [0.5, 0.6) is 0 Å². The zero-order valence-corrected chi connectivity index (χ0v) is 21.5. The van der Waals surface area contributed by atoms with Crippen molar-refractivity contribution in [3.05, 3.63) is 59.0 Å². The van der Waals surface area contributed by atoms with Crippen LogP contribution in [0.15, 0.2) is 59.0 Å². The number of piperidine rings is 1. The van der Waals surface area contributed by atoms with Crippen LogP contribution in [-0.4, -0.2) is 70.7 Å². The average molecular weight is 512 g/mol. The third-order valence-corrected chi connectivity index (χ3v) is 9.38. The van der Waals surface area contributed by atoms with E-state index in [1.54, 1.807) is 0 Å². The maximum absolute atomic E-state index is 12.4. The number of aliphatic hydroxyl groups excluding tert-OH is 3. The summed E-state index contributed by atoms with van der Waals surface area (Å²) in [4.78, 5) is 14.9. The number of carbonyl (C=O) groups excluding carboxylic acids is 1. The maximum atomic E-state index is 12.4. The summed E-state index contributed by atoms with van der Waals surface area (Å²) in [5.74, 6) is 0.914. The van der Waals surface area contributed by atoms with Crippen molar-refractivity contribution in [2.75, 3.05) is 26.9 Å². The van der Waals surface area contributed by atoms with E-state index in [1.807, 2.05) is 0 Å². The number of carbonyl (C=O) groups is 1. The number of esters is 1. The minimum absolute atomic E-state index is 0.00433. The van der Waals surface area contributed by atoms with Gasteiger partial charge in [-0.25, -0.2) is 4.79 Å². The van der Waals surface area contributed by atoms with E-state index in [0.29, 0.717) is 11.7 Å². The van der Waals surface area contributed by atoms with E-state index in [4.69, 9.17) is 14.2 Å². The zero-order valence-electron chi connectivity index (χ0n) is 21.5. The van der Waals surface area contributed by atoms with Crippen molar-refractivity contribution in [1.82, 2.24) is 4.90 Å². The van der Waals surface area contributed by atoms with Crippen molar-refractivity contribution in [3.63, 3.8) is 0 Å². The molecule has 200 valence electrons. The summed E-state index contributed by atoms with van der Waals surface area (Å²) in [6.45, 7) is 2.33. The minimum Gasteiger partial charge on any atom is -0.492 e. The smallest absolute Gasteiger partial charge is 0.345 e. The Hall–Kier alpha value is -2.39. The summed E-state index contributed by atoms with van der Waals surface area (Å²) in [7, 11) is 1.42. The molecule has 2 aliphatic carbocycles. The van der Waals surface area contributed by atoms with E-state index >= 15 is 0 Å². The summed E-state index contributed by atoms with van der Waals surface area (Å²) >= 11 is 0. The molecule has 2 bridgehead atoms. The molecule has 5 aliphatic heterocycles. The van der Waals surface area contributed by atoms with Gasteiger partial charge in [0.2, 0.25) is 5.76 Å². The average Bonchev–Trinajstić information content (AvgIpc) is 3.35. The molecule has 2 fully saturated rings. The Kier molecular flexibility index (Phi) is 6.34. The predicted octanol–water partition coefficient (Wildman–Crippen LogP) is 2.54. The molecule has 3 N–H and O–H groups in total. The molecule has 0 unspecified atom stereocenters. The van der Waals surface area contributed by atoms with Gasteiger partial charge in [0.1, 0.15) is 11.3 Å². The highest BCUT2D eigenvalue weighted by Crippen LogP contribution is 2.57. The van der Waals surface area contributed by atoms with Gasteiger partial charge in [-0.15, -0.1) is 0 Å². The highest BCUT2D eigenvalue weighted by Gasteiger charge is 2.60. The third kappa shape index (κ3) is 3.75. The largest absolute Gasteiger partial charge is 0.492 e. The van der Waals surface area contributed by atoms with E-state index in [9.17, 15) is 20.1 Å². The summed E-state index contributed by atoms with van der Waals surface area (Å²) in [6, 6.07) is 0.00433. The number of hydrogen-bond donors (Lipinski definition) is 3. The number of allylic oxidation sites excluding steroid dienone is 1. The molecule has 0 amide bonds. The topological polar surface area (TPSA) is 109 Å². The Morgan fingerprint density at radius 1 is 1.27 bits per heavy atom. The quantitative estimate of drug-likeness (QED) is 0.382. The van der Waals surface area contributed by atoms with Crippen LogP contribution in [0.3, 0.4) is 0 Å². The molecule has 0 aromatic carbocycles. The Labute approximate surface area is 217 Å². The van der Waals surface area contributed by atoms with E-state index < -0.39 is 30.1 Å². The molecule has 8 heteroatoms. The monoisotopic (exact) mass is 511 g/mol. The van der Waals surface area contributed by atoms with E-state index in [0.717, 1.165) is 44.4 Å². The molecule has 7 rings (SSSR count). The van der Waals surface area contributed by atoms with Crippen molar-refractivity contribution in [2.24, 2.45) is 29.6 Å². The number of cyclic esters (lactones) is 1. The van der Waals surface area contributed by atoms with Gasteiger partial charge in [0.15, 0.2) is 11.5 Å². The van der Waals surface area contributed by atoms with Crippen LogP contribution >= 0.6 is 0 Å². The van der Waals surface area contributed by atoms with Crippen molar-refractivity contribution < 1.29 is 34.3 Å². The number of methoxy groups -OCH3 is 1. The van der Waals surface area contributed by atoms with Crippen LogP contribution in [-0.2, 0) is 19.0 Å². The Morgan fingerprint density at radius 3 is 2.84 bits per heavy atom. The second kappa shape index (κ2) is 9.42. The predicted molar refractivity (Wildman–Crippen MR) is 134 cm³/mol. The van der Waals surface area contributed by atoms with Crippen molar-refractivity contribution in [2.45, 2.75) is 56.7 Å². The van der Waals surface area contributed by atoms with Gasteiger partial charge in [0.25, 0.3) is 0 Å². The van der Waals surface area contributed by atoms with Crippen LogP contribution in [0, 0.1) is 29.6 Å². The van der Waals surface area contributed by atoms with Gasteiger partial charge < -0.3 is 29.5 Å². The van der Waals surface area contributed by atoms with Crippen molar-refractivity contribution in [3.8, 4) is 0 Å². The van der Waals surface area contributed by atoms with Crippen molar-refractivity contribution >= 4 is 5.97 Å². The third-order valence-electron chi connectivity index (χ3n) is 9.38. The van der Waals surface area contributed by atoms with Gasteiger partial charge in [-0.1, -0.05) is 31.2 Å². The summed E-state index contributed by atoms with van der Waals surface area (Å²) in [5, 5.41) is 32.1. The van der Waals surface area contributed by atoms with Crippen LogP contribution in [0.4, 0.5) is 0 Å². The molecule has 5 heterocycles. The highest BCUT2D eigenvalue weighted by molar-refractivity contribution is 5.94. The molecule has 8 atom stereocenters. The number of rotatable bonds is 5. The summed E-state index contributed by atoms with van der Waals surface area (Å²) < 4.78 is 17.4. The first kappa shape index (κ1) is 24.9.